The van der Waals surface area contributed by atoms with Crippen molar-refractivity contribution in [1.29, 1.82) is 0 Å². The van der Waals surface area contributed by atoms with Crippen LogP contribution in [0.2, 0.25) is 0 Å². The molecule has 1 saturated heterocycles. The molecular weight excluding hydrogens is 266 g/mol. The Morgan fingerprint density at radius 3 is 2.95 bits per heavy atom. The number of pyridine rings is 1. The standard InChI is InChI=1S/C15H21N5O/c1-18(2)14(21)11-6-5-9-20(10-11)15-17-12-7-4-8-16-13(12)19(15)3/h4,7-8,11H,5-6,9-10H2,1-3H3. The zero-order chi connectivity index (χ0) is 15.0. The van der Waals surface area contributed by atoms with E-state index in [0.29, 0.717) is 0 Å². The van der Waals surface area contributed by atoms with Gasteiger partial charge in [-0.1, -0.05) is 0 Å². The second-order valence-corrected chi connectivity index (χ2v) is 5.83. The van der Waals surface area contributed by atoms with Gasteiger partial charge in [0.1, 0.15) is 5.52 Å². The van der Waals surface area contributed by atoms with Crippen LogP contribution in [-0.2, 0) is 11.8 Å². The van der Waals surface area contributed by atoms with Crippen LogP contribution < -0.4 is 4.90 Å². The van der Waals surface area contributed by atoms with E-state index in [-0.39, 0.29) is 11.8 Å². The number of aromatic nitrogens is 3. The number of carbonyl (C=O) groups is 1. The van der Waals surface area contributed by atoms with Gasteiger partial charge in [-0.25, -0.2) is 9.97 Å². The van der Waals surface area contributed by atoms with E-state index in [1.807, 2.05) is 37.8 Å². The van der Waals surface area contributed by atoms with Crippen molar-refractivity contribution >= 4 is 23.0 Å². The first kappa shape index (κ1) is 13.9. The van der Waals surface area contributed by atoms with Crippen LogP contribution in [0.1, 0.15) is 12.8 Å². The van der Waals surface area contributed by atoms with Crippen LogP contribution in [0.3, 0.4) is 0 Å². The normalized spacial score (nSPS) is 19.0. The molecule has 1 aliphatic rings. The molecule has 3 rings (SSSR count). The number of hydrogen-bond donors (Lipinski definition) is 0. The van der Waals surface area contributed by atoms with Crippen molar-refractivity contribution in [2.24, 2.45) is 13.0 Å². The lowest BCUT2D eigenvalue weighted by molar-refractivity contribution is -0.133. The summed E-state index contributed by atoms with van der Waals surface area (Å²) < 4.78 is 2.01. The van der Waals surface area contributed by atoms with Gasteiger partial charge in [0.15, 0.2) is 5.65 Å². The Morgan fingerprint density at radius 2 is 2.24 bits per heavy atom. The topological polar surface area (TPSA) is 54.3 Å². The molecule has 0 bridgehead atoms. The number of hydrogen-bond acceptors (Lipinski definition) is 4. The summed E-state index contributed by atoms with van der Waals surface area (Å²) in [6.45, 7) is 1.67. The molecule has 0 aliphatic carbocycles. The fraction of sp³-hybridized carbons (Fsp3) is 0.533. The van der Waals surface area contributed by atoms with E-state index in [9.17, 15) is 4.79 Å². The Hall–Kier alpha value is -2.11. The first-order valence-electron chi connectivity index (χ1n) is 7.31. The van der Waals surface area contributed by atoms with Crippen molar-refractivity contribution < 1.29 is 4.79 Å². The third-order valence-corrected chi connectivity index (χ3v) is 4.10. The van der Waals surface area contributed by atoms with E-state index in [2.05, 4.69) is 14.9 Å². The van der Waals surface area contributed by atoms with Crippen molar-refractivity contribution in [1.82, 2.24) is 19.4 Å². The molecule has 21 heavy (non-hydrogen) atoms. The van der Waals surface area contributed by atoms with E-state index < -0.39 is 0 Å². The molecule has 1 aliphatic heterocycles. The van der Waals surface area contributed by atoms with Gasteiger partial charge in [-0.2, -0.15) is 0 Å². The molecule has 3 heterocycles. The van der Waals surface area contributed by atoms with Gasteiger partial charge >= 0.3 is 0 Å². The highest BCUT2D eigenvalue weighted by molar-refractivity contribution is 5.79. The van der Waals surface area contributed by atoms with Crippen molar-refractivity contribution in [3.8, 4) is 0 Å². The molecule has 6 heteroatoms. The Labute approximate surface area is 124 Å². The second kappa shape index (κ2) is 5.35. The van der Waals surface area contributed by atoms with E-state index in [1.54, 1.807) is 11.1 Å². The maximum atomic E-state index is 12.2. The highest BCUT2D eigenvalue weighted by Crippen LogP contribution is 2.25. The lowest BCUT2D eigenvalue weighted by atomic mass is 9.97. The number of nitrogens with zero attached hydrogens (tertiary/aromatic N) is 5. The fourth-order valence-corrected chi connectivity index (χ4v) is 3.02. The van der Waals surface area contributed by atoms with E-state index >= 15 is 0 Å². The summed E-state index contributed by atoms with van der Waals surface area (Å²) in [6, 6.07) is 3.87. The number of amides is 1. The second-order valence-electron chi connectivity index (χ2n) is 5.83. The summed E-state index contributed by atoms with van der Waals surface area (Å²) in [7, 11) is 5.62. The maximum absolute atomic E-state index is 12.2. The van der Waals surface area contributed by atoms with Gasteiger partial charge in [0, 0.05) is 40.4 Å². The van der Waals surface area contributed by atoms with Gasteiger partial charge in [-0.3, -0.25) is 9.36 Å². The molecule has 1 amide bonds. The minimum atomic E-state index is 0.0570. The van der Waals surface area contributed by atoms with Gasteiger partial charge in [0.25, 0.3) is 0 Å². The first-order chi connectivity index (χ1) is 10.1. The Kier molecular flexibility index (Phi) is 3.53. The van der Waals surface area contributed by atoms with Gasteiger partial charge in [-0.15, -0.1) is 0 Å². The molecule has 1 unspecified atom stereocenters. The molecule has 6 nitrogen and oxygen atoms in total. The molecular formula is C15H21N5O. The minimum Gasteiger partial charge on any atom is -0.349 e. The van der Waals surface area contributed by atoms with Crippen LogP contribution in [0.25, 0.3) is 11.2 Å². The van der Waals surface area contributed by atoms with Gasteiger partial charge in [0.2, 0.25) is 11.9 Å². The van der Waals surface area contributed by atoms with Crippen LogP contribution in [0.15, 0.2) is 18.3 Å². The third kappa shape index (κ3) is 2.46. The molecule has 2 aromatic rings. The molecule has 2 aromatic heterocycles. The third-order valence-electron chi connectivity index (χ3n) is 4.10. The zero-order valence-corrected chi connectivity index (χ0v) is 12.8. The molecule has 112 valence electrons. The van der Waals surface area contributed by atoms with Crippen LogP contribution in [0.4, 0.5) is 5.95 Å². The lowest BCUT2D eigenvalue weighted by Crippen LogP contribution is -2.43. The van der Waals surface area contributed by atoms with Crippen LogP contribution in [0, 0.1) is 5.92 Å². The number of imidazole rings is 1. The highest BCUT2D eigenvalue weighted by atomic mass is 16.2. The van der Waals surface area contributed by atoms with E-state index in [1.165, 1.54) is 0 Å². The molecule has 0 aromatic carbocycles. The summed E-state index contributed by atoms with van der Waals surface area (Å²) in [6.07, 6.45) is 3.75. The van der Waals surface area contributed by atoms with Gasteiger partial charge in [-0.05, 0) is 25.0 Å². The summed E-state index contributed by atoms with van der Waals surface area (Å²) in [5.74, 6) is 1.16. The maximum Gasteiger partial charge on any atom is 0.226 e. The first-order valence-corrected chi connectivity index (χ1v) is 7.31. The summed E-state index contributed by atoms with van der Waals surface area (Å²) >= 11 is 0. The average Bonchev–Trinajstić information content (AvgIpc) is 2.84. The van der Waals surface area contributed by atoms with Crippen molar-refractivity contribution in [3.63, 3.8) is 0 Å². The SMILES string of the molecule is CN(C)C(=O)C1CCCN(c2nc3cccnc3n2C)C1. The summed E-state index contributed by atoms with van der Waals surface area (Å²) in [5.41, 5.74) is 1.78. The minimum absolute atomic E-state index is 0.0570. The predicted octanol–water partition coefficient (Wildman–Crippen LogP) is 1.27. The number of rotatable bonds is 2. The molecule has 0 saturated carbocycles. The fourth-order valence-electron chi connectivity index (χ4n) is 3.02. The Balaban J connectivity index is 1.88. The van der Waals surface area contributed by atoms with Gasteiger partial charge < -0.3 is 9.80 Å². The van der Waals surface area contributed by atoms with Crippen molar-refractivity contribution in [2.45, 2.75) is 12.8 Å². The van der Waals surface area contributed by atoms with Crippen molar-refractivity contribution in [2.75, 3.05) is 32.1 Å². The monoisotopic (exact) mass is 287 g/mol. The number of carbonyl (C=O) groups excluding carboxylic acids is 1. The molecule has 0 N–H and O–H groups in total. The van der Waals surface area contributed by atoms with Crippen LogP contribution in [0.5, 0.6) is 0 Å². The van der Waals surface area contributed by atoms with Crippen molar-refractivity contribution in [3.05, 3.63) is 18.3 Å². The summed E-state index contributed by atoms with van der Waals surface area (Å²) in [5, 5.41) is 0. The summed E-state index contributed by atoms with van der Waals surface area (Å²) in [4.78, 5) is 25.1. The predicted molar refractivity (Wildman–Crippen MR) is 82.1 cm³/mol. The Bertz CT molecular complexity index is 663. The largest absolute Gasteiger partial charge is 0.349 e. The molecule has 0 spiro atoms. The number of piperidine rings is 1. The van der Waals surface area contributed by atoms with E-state index in [4.69, 9.17) is 0 Å². The van der Waals surface area contributed by atoms with Crippen LogP contribution >= 0.6 is 0 Å². The Morgan fingerprint density at radius 1 is 1.43 bits per heavy atom. The smallest absolute Gasteiger partial charge is 0.226 e. The number of anilines is 1. The molecule has 1 atom stereocenters. The quantitative estimate of drug-likeness (QED) is 0.835. The van der Waals surface area contributed by atoms with E-state index in [0.717, 1.165) is 43.0 Å². The highest BCUT2D eigenvalue weighted by Gasteiger charge is 2.29. The number of aryl methyl sites for hydroxylation is 1. The van der Waals surface area contributed by atoms with Crippen LogP contribution in [-0.4, -0.2) is 52.5 Å². The molecule has 1 fully saturated rings. The average molecular weight is 287 g/mol. The van der Waals surface area contributed by atoms with Gasteiger partial charge in [0.05, 0.1) is 5.92 Å². The lowest BCUT2D eigenvalue weighted by Gasteiger charge is -2.33. The zero-order valence-electron chi connectivity index (χ0n) is 12.8. The number of fused-ring (bicyclic) bond motifs is 1. The molecule has 0 radical (unpaired) electrons.